The monoisotopic (exact) mass is 267 g/mol. The van der Waals surface area contributed by atoms with Gasteiger partial charge in [-0.1, -0.05) is 34.6 Å². The van der Waals surface area contributed by atoms with Gasteiger partial charge in [0.15, 0.2) is 0 Å². The van der Waals surface area contributed by atoms with Gasteiger partial charge < -0.3 is 10.6 Å². The van der Waals surface area contributed by atoms with Crippen molar-refractivity contribution < 1.29 is 9.59 Å². The van der Waals surface area contributed by atoms with Crippen LogP contribution in [0.4, 0.5) is 0 Å². The van der Waals surface area contributed by atoms with Crippen LogP contribution in [0.5, 0.6) is 0 Å². The van der Waals surface area contributed by atoms with E-state index in [-0.39, 0.29) is 18.2 Å². The van der Waals surface area contributed by atoms with Gasteiger partial charge in [0.2, 0.25) is 11.8 Å². The van der Waals surface area contributed by atoms with E-state index in [1.54, 1.807) is 0 Å². The molecule has 0 saturated carbocycles. The van der Waals surface area contributed by atoms with Gasteiger partial charge in [-0.2, -0.15) is 5.26 Å². The molecule has 2 N–H and O–H groups in total. The summed E-state index contributed by atoms with van der Waals surface area (Å²) in [5.74, 6) is 0.0614. The number of hydrogen-bond donors (Lipinski definition) is 2. The Kier molecular flexibility index (Phi) is 7.13. The van der Waals surface area contributed by atoms with Crippen molar-refractivity contribution in [3.63, 3.8) is 0 Å². The lowest BCUT2D eigenvalue weighted by Crippen LogP contribution is -2.39. The van der Waals surface area contributed by atoms with Crippen molar-refractivity contribution in [1.29, 1.82) is 5.26 Å². The minimum Gasteiger partial charge on any atom is -0.355 e. The minimum atomic E-state index is -0.455. The van der Waals surface area contributed by atoms with Crippen LogP contribution in [0.2, 0.25) is 0 Å². The fourth-order valence-electron chi connectivity index (χ4n) is 1.44. The van der Waals surface area contributed by atoms with E-state index in [2.05, 4.69) is 16.7 Å². The van der Waals surface area contributed by atoms with E-state index < -0.39 is 11.5 Å². The molecule has 108 valence electrons. The predicted molar refractivity (Wildman–Crippen MR) is 74.1 cm³/mol. The summed E-state index contributed by atoms with van der Waals surface area (Å²) in [6.45, 7) is 9.74. The van der Waals surface area contributed by atoms with Crippen LogP contribution in [0, 0.1) is 22.7 Å². The molecule has 0 saturated heterocycles. The first-order valence-electron chi connectivity index (χ1n) is 6.64. The van der Waals surface area contributed by atoms with E-state index in [1.807, 2.05) is 34.6 Å². The van der Waals surface area contributed by atoms with Crippen LogP contribution in [0.1, 0.15) is 47.5 Å². The molecular formula is C14H25N3O2. The number of nitrogens with zero attached hydrogens (tertiary/aromatic N) is 1. The van der Waals surface area contributed by atoms with Crippen molar-refractivity contribution >= 4 is 11.8 Å². The zero-order valence-electron chi connectivity index (χ0n) is 12.5. The highest BCUT2D eigenvalue weighted by Gasteiger charge is 2.20. The Labute approximate surface area is 115 Å². The summed E-state index contributed by atoms with van der Waals surface area (Å²) in [6, 6.07) is 1.62. The topological polar surface area (TPSA) is 82.0 Å². The highest BCUT2D eigenvalue weighted by molar-refractivity contribution is 5.82. The molecule has 19 heavy (non-hydrogen) atoms. The lowest BCUT2D eigenvalue weighted by atomic mass is 9.96. The summed E-state index contributed by atoms with van der Waals surface area (Å²) in [6.07, 6.45) is 0.828. The van der Waals surface area contributed by atoms with Gasteiger partial charge in [0, 0.05) is 18.4 Å². The first-order chi connectivity index (χ1) is 8.66. The molecule has 0 aromatic heterocycles. The van der Waals surface area contributed by atoms with Gasteiger partial charge in [0.1, 0.15) is 6.04 Å². The smallest absolute Gasteiger partial charge is 0.225 e. The number of nitriles is 1. The van der Waals surface area contributed by atoms with Crippen molar-refractivity contribution in [2.24, 2.45) is 11.3 Å². The van der Waals surface area contributed by atoms with Crippen molar-refractivity contribution in [1.82, 2.24) is 10.6 Å². The standard InChI is InChI=1S/C14H25N3O2/c1-10(2)8-11(9-15)17-12(18)6-7-16-13(19)14(3,4)5/h10-11H,6-8H2,1-5H3,(H,16,19)(H,17,18)/t11-/m1/s1. The fourth-order valence-corrected chi connectivity index (χ4v) is 1.44. The highest BCUT2D eigenvalue weighted by atomic mass is 16.2. The second-order valence-electron chi connectivity index (χ2n) is 6.13. The van der Waals surface area contributed by atoms with Crippen molar-refractivity contribution in [3.05, 3.63) is 0 Å². The third kappa shape index (κ3) is 8.20. The molecule has 5 heteroatoms. The largest absolute Gasteiger partial charge is 0.355 e. The van der Waals surface area contributed by atoms with Crippen LogP contribution in [0.25, 0.3) is 0 Å². The van der Waals surface area contributed by atoms with Crippen molar-refractivity contribution in [2.75, 3.05) is 6.54 Å². The van der Waals surface area contributed by atoms with Crippen LogP contribution in [-0.4, -0.2) is 24.4 Å². The Bertz CT molecular complexity index is 351. The molecule has 0 unspecified atom stereocenters. The molecule has 0 aromatic rings. The lowest BCUT2D eigenvalue weighted by Gasteiger charge is -2.18. The minimum absolute atomic E-state index is 0.0840. The molecule has 0 bridgehead atoms. The maximum atomic E-state index is 11.6. The highest BCUT2D eigenvalue weighted by Crippen LogP contribution is 2.12. The molecule has 2 amide bonds. The Morgan fingerprint density at radius 2 is 1.84 bits per heavy atom. The van der Waals surface area contributed by atoms with Gasteiger partial charge in [-0.05, 0) is 12.3 Å². The lowest BCUT2D eigenvalue weighted by molar-refractivity contribution is -0.128. The van der Waals surface area contributed by atoms with E-state index in [0.29, 0.717) is 18.9 Å². The fraction of sp³-hybridized carbons (Fsp3) is 0.786. The number of hydrogen-bond acceptors (Lipinski definition) is 3. The van der Waals surface area contributed by atoms with E-state index in [0.717, 1.165) is 0 Å². The molecule has 0 fully saturated rings. The number of rotatable bonds is 6. The molecule has 1 atom stereocenters. The van der Waals surface area contributed by atoms with E-state index in [4.69, 9.17) is 5.26 Å². The SMILES string of the molecule is CC(C)C[C@H](C#N)NC(=O)CCNC(=O)C(C)(C)C. The normalized spacial score (nSPS) is 12.7. The number of amides is 2. The summed E-state index contributed by atoms with van der Waals surface area (Å²) < 4.78 is 0. The Balaban J connectivity index is 4.00. The number of carbonyl (C=O) groups excluding carboxylic acids is 2. The van der Waals surface area contributed by atoms with Crippen LogP contribution in [-0.2, 0) is 9.59 Å². The average Bonchev–Trinajstić information content (AvgIpc) is 2.25. The Morgan fingerprint density at radius 1 is 1.26 bits per heavy atom. The van der Waals surface area contributed by atoms with E-state index >= 15 is 0 Å². The maximum absolute atomic E-state index is 11.6. The summed E-state index contributed by atoms with van der Waals surface area (Å²) in [5, 5.41) is 14.3. The molecule has 0 aromatic carbocycles. The van der Waals surface area contributed by atoms with Gasteiger partial charge in [-0.25, -0.2) is 0 Å². The molecule has 0 heterocycles. The maximum Gasteiger partial charge on any atom is 0.225 e. The predicted octanol–water partition coefficient (Wildman–Crippen LogP) is 1.59. The van der Waals surface area contributed by atoms with Gasteiger partial charge in [-0.15, -0.1) is 0 Å². The van der Waals surface area contributed by atoms with Gasteiger partial charge in [0.05, 0.1) is 6.07 Å². The molecule has 0 aliphatic heterocycles. The third-order valence-electron chi connectivity index (χ3n) is 2.52. The first kappa shape index (κ1) is 17.4. The molecule has 0 spiro atoms. The van der Waals surface area contributed by atoms with Gasteiger partial charge >= 0.3 is 0 Å². The second-order valence-corrected chi connectivity index (χ2v) is 6.13. The van der Waals surface area contributed by atoms with E-state index in [9.17, 15) is 9.59 Å². The van der Waals surface area contributed by atoms with Crippen LogP contribution >= 0.6 is 0 Å². The second kappa shape index (κ2) is 7.78. The molecule has 0 aliphatic carbocycles. The zero-order chi connectivity index (χ0) is 15.1. The Hall–Kier alpha value is -1.57. The molecule has 0 radical (unpaired) electrons. The number of carbonyl (C=O) groups is 2. The molecule has 5 nitrogen and oxygen atoms in total. The van der Waals surface area contributed by atoms with Crippen LogP contribution in [0.15, 0.2) is 0 Å². The van der Waals surface area contributed by atoms with E-state index in [1.165, 1.54) is 0 Å². The van der Waals surface area contributed by atoms with Crippen LogP contribution < -0.4 is 10.6 Å². The zero-order valence-corrected chi connectivity index (χ0v) is 12.5. The molecule has 0 aliphatic rings. The van der Waals surface area contributed by atoms with Crippen molar-refractivity contribution in [2.45, 2.75) is 53.5 Å². The summed E-state index contributed by atoms with van der Waals surface area (Å²) in [5.41, 5.74) is -0.455. The van der Waals surface area contributed by atoms with Gasteiger partial charge in [-0.3, -0.25) is 9.59 Å². The summed E-state index contributed by atoms with van der Waals surface area (Å²) in [7, 11) is 0. The quantitative estimate of drug-likeness (QED) is 0.766. The summed E-state index contributed by atoms with van der Waals surface area (Å²) in [4.78, 5) is 23.2. The third-order valence-corrected chi connectivity index (χ3v) is 2.52. The average molecular weight is 267 g/mol. The Morgan fingerprint density at radius 3 is 2.26 bits per heavy atom. The van der Waals surface area contributed by atoms with Crippen molar-refractivity contribution in [3.8, 4) is 6.07 Å². The molecular weight excluding hydrogens is 242 g/mol. The summed E-state index contributed by atoms with van der Waals surface area (Å²) >= 11 is 0. The van der Waals surface area contributed by atoms with Gasteiger partial charge in [0.25, 0.3) is 0 Å². The molecule has 0 rings (SSSR count). The first-order valence-corrected chi connectivity index (χ1v) is 6.64. The number of nitrogens with one attached hydrogen (secondary N) is 2. The van der Waals surface area contributed by atoms with Crippen LogP contribution in [0.3, 0.4) is 0 Å².